The molecular weight excluding hydrogens is 320 g/mol. The van der Waals surface area contributed by atoms with Crippen LogP contribution in [0.1, 0.15) is 23.1 Å². The third kappa shape index (κ3) is 3.18. The maximum absolute atomic E-state index is 11.1. The van der Waals surface area contributed by atoms with Crippen molar-refractivity contribution in [1.82, 2.24) is 9.88 Å². The number of rotatable bonds is 3. The number of para-hydroxylation sites is 1. The van der Waals surface area contributed by atoms with E-state index < -0.39 is 0 Å². The second-order valence-corrected chi connectivity index (χ2v) is 7.16. The number of carbonyl (C=O) groups excluding carboxylic acids is 1. The molecule has 0 spiro atoms. The molecule has 3 heterocycles. The summed E-state index contributed by atoms with van der Waals surface area (Å²) in [5.74, 6) is -0.259. The van der Waals surface area contributed by atoms with Crippen molar-refractivity contribution >= 4 is 28.2 Å². The van der Waals surface area contributed by atoms with Crippen LogP contribution in [0.3, 0.4) is 0 Å². The highest BCUT2D eigenvalue weighted by atomic mass is 32.1. The minimum absolute atomic E-state index is 0.259. The van der Waals surface area contributed by atoms with E-state index in [2.05, 4.69) is 29.2 Å². The fraction of sp³-hybridized carbons (Fsp3) is 0.263. The van der Waals surface area contributed by atoms with Crippen LogP contribution in [0.25, 0.3) is 10.9 Å². The van der Waals surface area contributed by atoms with Gasteiger partial charge in [0.25, 0.3) is 0 Å². The zero-order valence-corrected chi connectivity index (χ0v) is 14.3. The van der Waals surface area contributed by atoms with E-state index in [-0.39, 0.29) is 5.97 Å². The molecule has 0 saturated carbocycles. The molecule has 122 valence electrons. The molecule has 2 aromatic heterocycles. The van der Waals surface area contributed by atoms with Crippen molar-refractivity contribution < 1.29 is 9.53 Å². The summed E-state index contributed by atoms with van der Waals surface area (Å²) in [5.41, 5.74) is 3.40. The lowest BCUT2D eigenvalue weighted by Gasteiger charge is -2.26. The highest BCUT2D eigenvalue weighted by Crippen LogP contribution is 2.33. The Labute approximate surface area is 144 Å². The van der Waals surface area contributed by atoms with Crippen molar-refractivity contribution in [3.8, 4) is 5.06 Å². The molecule has 5 heteroatoms. The van der Waals surface area contributed by atoms with E-state index >= 15 is 0 Å². The molecule has 24 heavy (non-hydrogen) atoms. The predicted octanol–water partition coefficient (Wildman–Crippen LogP) is 3.78. The van der Waals surface area contributed by atoms with Gasteiger partial charge >= 0.3 is 5.97 Å². The number of hydrogen-bond donors (Lipinski definition) is 0. The van der Waals surface area contributed by atoms with E-state index in [1.165, 1.54) is 22.8 Å². The van der Waals surface area contributed by atoms with E-state index in [0.717, 1.165) is 37.3 Å². The Morgan fingerprint density at radius 3 is 3.04 bits per heavy atom. The van der Waals surface area contributed by atoms with Crippen molar-refractivity contribution in [3.63, 3.8) is 0 Å². The maximum atomic E-state index is 11.1. The molecule has 1 aliphatic rings. The molecule has 0 atom stereocenters. The molecule has 0 unspecified atom stereocenters. The van der Waals surface area contributed by atoms with Crippen LogP contribution in [0.4, 0.5) is 0 Å². The monoisotopic (exact) mass is 338 g/mol. The molecule has 0 N–H and O–H groups in total. The van der Waals surface area contributed by atoms with Gasteiger partial charge in [-0.25, -0.2) is 0 Å². The Balaban J connectivity index is 1.49. The van der Waals surface area contributed by atoms with Gasteiger partial charge in [-0.1, -0.05) is 24.3 Å². The van der Waals surface area contributed by atoms with Crippen LogP contribution in [0.2, 0.25) is 0 Å². The molecule has 1 aliphatic heterocycles. The third-order valence-electron chi connectivity index (χ3n) is 4.21. The lowest BCUT2D eigenvalue weighted by Crippen LogP contribution is -2.29. The van der Waals surface area contributed by atoms with Crippen LogP contribution < -0.4 is 4.74 Å². The fourth-order valence-corrected chi connectivity index (χ4v) is 4.17. The Morgan fingerprint density at radius 2 is 2.17 bits per heavy atom. The summed E-state index contributed by atoms with van der Waals surface area (Å²) in [6, 6.07) is 14.4. The molecule has 4 nitrogen and oxygen atoms in total. The zero-order valence-electron chi connectivity index (χ0n) is 13.5. The quantitative estimate of drug-likeness (QED) is 0.682. The van der Waals surface area contributed by atoms with E-state index in [1.807, 2.05) is 18.2 Å². The van der Waals surface area contributed by atoms with Crippen molar-refractivity contribution in [3.05, 3.63) is 58.6 Å². The van der Waals surface area contributed by atoms with Crippen LogP contribution in [0, 0.1) is 0 Å². The van der Waals surface area contributed by atoms with Gasteiger partial charge in [-0.05, 0) is 30.2 Å². The van der Waals surface area contributed by atoms with Gasteiger partial charge in [0.1, 0.15) is 0 Å². The number of aromatic nitrogens is 1. The van der Waals surface area contributed by atoms with E-state index in [9.17, 15) is 4.79 Å². The first-order chi connectivity index (χ1) is 11.7. The number of ether oxygens (including phenoxy) is 1. The molecule has 0 amide bonds. The highest BCUT2D eigenvalue weighted by Gasteiger charge is 2.20. The average molecular weight is 338 g/mol. The molecule has 0 aliphatic carbocycles. The van der Waals surface area contributed by atoms with Crippen molar-refractivity contribution in [1.29, 1.82) is 0 Å². The molecular formula is C19H18N2O2S. The molecule has 3 aromatic rings. The summed E-state index contributed by atoms with van der Waals surface area (Å²) in [6.07, 6.45) is 0.995. The number of pyridine rings is 1. The first-order valence-corrected chi connectivity index (χ1v) is 8.86. The summed E-state index contributed by atoms with van der Waals surface area (Å²) in [6.45, 7) is 4.16. The second kappa shape index (κ2) is 6.34. The van der Waals surface area contributed by atoms with Gasteiger partial charge in [0.2, 0.25) is 0 Å². The standard InChI is InChI=1S/C19H18N2O2S/c1-13(22)23-19-10-15-11-21(9-8-18(15)24-19)12-16-7-6-14-4-2-3-5-17(14)20-16/h2-7,10H,8-9,11-12H2,1H3. The third-order valence-corrected chi connectivity index (χ3v) is 5.32. The van der Waals surface area contributed by atoms with Crippen LogP contribution in [0.15, 0.2) is 42.5 Å². The van der Waals surface area contributed by atoms with Gasteiger partial charge in [-0.15, -0.1) is 11.3 Å². The minimum atomic E-state index is -0.259. The summed E-state index contributed by atoms with van der Waals surface area (Å²) < 4.78 is 5.22. The lowest BCUT2D eigenvalue weighted by atomic mass is 10.1. The molecule has 0 radical (unpaired) electrons. The topological polar surface area (TPSA) is 42.4 Å². The van der Waals surface area contributed by atoms with Gasteiger partial charge in [0.05, 0.1) is 11.2 Å². The number of hydrogen-bond acceptors (Lipinski definition) is 5. The number of esters is 1. The summed E-state index contributed by atoms with van der Waals surface area (Å²) in [7, 11) is 0. The second-order valence-electron chi connectivity index (χ2n) is 6.06. The fourth-order valence-electron chi connectivity index (χ4n) is 3.12. The Bertz CT molecular complexity index is 903. The van der Waals surface area contributed by atoms with E-state index in [0.29, 0.717) is 5.06 Å². The molecule has 0 fully saturated rings. The van der Waals surface area contributed by atoms with Gasteiger partial charge in [-0.2, -0.15) is 0 Å². The van der Waals surface area contributed by atoms with Crippen molar-refractivity contribution in [2.45, 2.75) is 26.4 Å². The van der Waals surface area contributed by atoms with Crippen molar-refractivity contribution in [2.24, 2.45) is 0 Å². The summed E-state index contributed by atoms with van der Waals surface area (Å²) in [5, 5.41) is 1.88. The summed E-state index contributed by atoms with van der Waals surface area (Å²) in [4.78, 5) is 19.6. The maximum Gasteiger partial charge on any atom is 0.308 e. The first-order valence-electron chi connectivity index (χ1n) is 8.04. The number of thiophene rings is 1. The number of benzene rings is 1. The summed E-state index contributed by atoms with van der Waals surface area (Å²) >= 11 is 1.59. The normalized spacial score (nSPS) is 14.5. The molecule has 1 aromatic carbocycles. The molecule has 0 bridgehead atoms. The average Bonchev–Trinajstić information content (AvgIpc) is 2.95. The molecule has 4 rings (SSSR count). The van der Waals surface area contributed by atoms with E-state index in [4.69, 9.17) is 9.72 Å². The van der Waals surface area contributed by atoms with Crippen LogP contribution >= 0.6 is 11.3 Å². The van der Waals surface area contributed by atoms with Crippen molar-refractivity contribution in [2.75, 3.05) is 6.54 Å². The Morgan fingerprint density at radius 1 is 1.29 bits per heavy atom. The highest BCUT2D eigenvalue weighted by molar-refractivity contribution is 7.14. The van der Waals surface area contributed by atoms with Crippen LogP contribution in [-0.4, -0.2) is 22.4 Å². The van der Waals surface area contributed by atoms with Gasteiger partial charge in [0.15, 0.2) is 5.06 Å². The number of carbonyl (C=O) groups is 1. The number of nitrogens with zero attached hydrogens (tertiary/aromatic N) is 2. The largest absolute Gasteiger partial charge is 0.416 e. The molecule has 0 saturated heterocycles. The van der Waals surface area contributed by atoms with Gasteiger partial charge in [0, 0.05) is 36.8 Å². The van der Waals surface area contributed by atoms with Crippen LogP contribution in [-0.2, 0) is 24.3 Å². The minimum Gasteiger partial charge on any atom is -0.416 e. The zero-order chi connectivity index (χ0) is 16.5. The van der Waals surface area contributed by atoms with E-state index in [1.54, 1.807) is 11.3 Å². The smallest absolute Gasteiger partial charge is 0.308 e. The van der Waals surface area contributed by atoms with Gasteiger partial charge in [-0.3, -0.25) is 14.7 Å². The van der Waals surface area contributed by atoms with Crippen LogP contribution in [0.5, 0.6) is 5.06 Å². The first kappa shape index (κ1) is 15.3. The predicted molar refractivity (Wildman–Crippen MR) is 95.2 cm³/mol. The van der Waals surface area contributed by atoms with Gasteiger partial charge < -0.3 is 4.74 Å². The number of fused-ring (bicyclic) bond motifs is 2. The Kier molecular flexibility index (Phi) is 4.04. The SMILES string of the molecule is CC(=O)Oc1cc2c(s1)CCN(Cc1ccc3ccccc3n1)C2. The lowest BCUT2D eigenvalue weighted by molar-refractivity contribution is -0.131. The Hall–Kier alpha value is -2.24.